The van der Waals surface area contributed by atoms with E-state index in [4.69, 9.17) is 16.0 Å². The van der Waals surface area contributed by atoms with E-state index in [1.807, 2.05) is 0 Å². The van der Waals surface area contributed by atoms with Crippen molar-refractivity contribution in [2.45, 2.75) is 6.54 Å². The van der Waals surface area contributed by atoms with Crippen LogP contribution in [-0.4, -0.2) is 17.9 Å². The van der Waals surface area contributed by atoms with Crippen molar-refractivity contribution in [2.24, 2.45) is 0 Å². The standard InChI is InChI=1S/C13H11ClFNO2/c1-16(8-9-3-2-4-10(15)7-9)13(17)11-5-6-12(14)18-11/h2-7H,8H2,1H3. The van der Waals surface area contributed by atoms with Gasteiger partial charge in [0, 0.05) is 13.6 Å². The summed E-state index contributed by atoms with van der Waals surface area (Å²) in [6, 6.07) is 9.11. The second-order valence-corrected chi connectivity index (χ2v) is 4.27. The molecule has 0 fully saturated rings. The molecule has 3 nitrogen and oxygen atoms in total. The lowest BCUT2D eigenvalue weighted by Crippen LogP contribution is -2.25. The zero-order chi connectivity index (χ0) is 13.1. The molecule has 1 heterocycles. The maximum atomic E-state index is 13.0. The van der Waals surface area contributed by atoms with Crippen LogP contribution in [0.3, 0.4) is 0 Å². The fraction of sp³-hybridized carbons (Fsp3) is 0.154. The van der Waals surface area contributed by atoms with Crippen LogP contribution in [0.1, 0.15) is 16.1 Å². The highest BCUT2D eigenvalue weighted by Crippen LogP contribution is 2.15. The van der Waals surface area contributed by atoms with Gasteiger partial charge in [-0.05, 0) is 41.4 Å². The van der Waals surface area contributed by atoms with Crippen molar-refractivity contribution in [3.05, 3.63) is 58.8 Å². The summed E-state index contributed by atoms with van der Waals surface area (Å²) in [5.74, 6) is -0.459. The van der Waals surface area contributed by atoms with Crippen LogP contribution in [0.15, 0.2) is 40.8 Å². The van der Waals surface area contributed by atoms with Gasteiger partial charge < -0.3 is 9.32 Å². The van der Waals surface area contributed by atoms with Crippen LogP contribution in [0.2, 0.25) is 5.22 Å². The lowest BCUT2D eigenvalue weighted by Gasteiger charge is -2.15. The van der Waals surface area contributed by atoms with E-state index in [1.54, 1.807) is 19.2 Å². The maximum absolute atomic E-state index is 13.0. The van der Waals surface area contributed by atoms with Crippen LogP contribution in [-0.2, 0) is 6.54 Å². The number of carbonyl (C=O) groups excluding carboxylic acids is 1. The molecule has 2 rings (SSSR count). The highest BCUT2D eigenvalue weighted by atomic mass is 35.5. The van der Waals surface area contributed by atoms with Gasteiger partial charge in [0.15, 0.2) is 11.0 Å². The van der Waals surface area contributed by atoms with Gasteiger partial charge in [-0.25, -0.2) is 4.39 Å². The molecule has 0 atom stereocenters. The Bertz CT molecular complexity index is 568. The number of hydrogen-bond acceptors (Lipinski definition) is 2. The average Bonchev–Trinajstić information content (AvgIpc) is 2.75. The molecule has 18 heavy (non-hydrogen) atoms. The van der Waals surface area contributed by atoms with Gasteiger partial charge in [-0.15, -0.1) is 0 Å². The molecule has 94 valence electrons. The SMILES string of the molecule is CN(Cc1cccc(F)c1)C(=O)c1ccc(Cl)o1. The third-order valence-corrected chi connectivity index (χ3v) is 2.64. The summed E-state index contributed by atoms with van der Waals surface area (Å²) in [5.41, 5.74) is 0.712. The molecular formula is C13H11ClFNO2. The Balaban J connectivity index is 2.08. The predicted octanol–water partition coefficient (Wildman–Crippen LogP) is 3.34. The topological polar surface area (TPSA) is 33.5 Å². The van der Waals surface area contributed by atoms with E-state index >= 15 is 0 Å². The maximum Gasteiger partial charge on any atom is 0.289 e. The molecule has 5 heteroatoms. The Morgan fingerprint density at radius 1 is 1.39 bits per heavy atom. The number of rotatable bonds is 3. The van der Waals surface area contributed by atoms with Crippen LogP contribution in [0.5, 0.6) is 0 Å². The second-order valence-electron chi connectivity index (χ2n) is 3.89. The Labute approximate surface area is 109 Å². The highest BCUT2D eigenvalue weighted by Gasteiger charge is 2.15. The monoisotopic (exact) mass is 267 g/mol. The molecular weight excluding hydrogens is 257 g/mol. The molecule has 0 bridgehead atoms. The summed E-state index contributed by atoms with van der Waals surface area (Å²) in [6.07, 6.45) is 0. The second kappa shape index (κ2) is 5.23. The van der Waals surface area contributed by atoms with Crippen molar-refractivity contribution in [1.29, 1.82) is 0 Å². The van der Waals surface area contributed by atoms with E-state index in [1.165, 1.54) is 29.2 Å². The minimum absolute atomic E-state index is 0.164. The van der Waals surface area contributed by atoms with Crippen molar-refractivity contribution in [1.82, 2.24) is 4.90 Å². The number of nitrogens with zero attached hydrogens (tertiary/aromatic N) is 1. The number of carbonyl (C=O) groups is 1. The smallest absolute Gasteiger partial charge is 0.289 e. The number of hydrogen-bond donors (Lipinski definition) is 0. The number of benzene rings is 1. The Hall–Kier alpha value is -1.81. The summed E-state index contributed by atoms with van der Waals surface area (Å²) in [7, 11) is 1.61. The van der Waals surface area contributed by atoms with Gasteiger partial charge in [0.2, 0.25) is 0 Å². The van der Waals surface area contributed by atoms with Gasteiger partial charge in [-0.3, -0.25) is 4.79 Å². The Morgan fingerprint density at radius 2 is 2.17 bits per heavy atom. The number of halogens is 2. The van der Waals surface area contributed by atoms with Gasteiger partial charge in [-0.2, -0.15) is 0 Å². The van der Waals surface area contributed by atoms with E-state index in [9.17, 15) is 9.18 Å². The van der Waals surface area contributed by atoms with Crippen LogP contribution < -0.4 is 0 Å². The molecule has 0 aliphatic heterocycles. The van der Waals surface area contributed by atoms with Gasteiger partial charge in [-0.1, -0.05) is 12.1 Å². The van der Waals surface area contributed by atoms with E-state index in [0.29, 0.717) is 12.1 Å². The first kappa shape index (κ1) is 12.6. The molecule has 0 spiro atoms. The van der Waals surface area contributed by atoms with E-state index in [-0.39, 0.29) is 22.7 Å². The molecule has 2 aromatic rings. The zero-order valence-corrected chi connectivity index (χ0v) is 10.4. The Kier molecular flexibility index (Phi) is 3.67. The van der Waals surface area contributed by atoms with E-state index < -0.39 is 0 Å². The van der Waals surface area contributed by atoms with E-state index in [0.717, 1.165) is 0 Å². The van der Waals surface area contributed by atoms with Crippen molar-refractivity contribution in [3.8, 4) is 0 Å². The van der Waals surface area contributed by atoms with Gasteiger partial charge in [0.1, 0.15) is 5.82 Å². The largest absolute Gasteiger partial charge is 0.440 e. The Morgan fingerprint density at radius 3 is 2.78 bits per heavy atom. The summed E-state index contributed by atoms with van der Waals surface area (Å²) in [6.45, 7) is 0.301. The molecule has 0 saturated carbocycles. The number of furan rings is 1. The minimum Gasteiger partial charge on any atom is -0.440 e. The third kappa shape index (κ3) is 2.90. The molecule has 1 aromatic carbocycles. The molecule has 1 amide bonds. The van der Waals surface area contributed by atoms with E-state index in [2.05, 4.69) is 0 Å². The first-order chi connectivity index (χ1) is 8.56. The van der Waals surface area contributed by atoms with Gasteiger partial charge in [0.05, 0.1) is 0 Å². The van der Waals surface area contributed by atoms with Gasteiger partial charge >= 0.3 is 0 Å². The normalized spacial score (nSPS) is 10.4. The quantitative estimate of drug-likeness (QED) is 0.854. The first-order valence-corrected chi connectivity index (χ1v) is 5.69. The van der Waals surface area contributed by atoms with Crippen LogP contribution >= 0.6 is 11.6 Å². The minimum atomic E-state index is -0.325. The summed E-state index contributed by atoms with van der Waals surface area (Å²) < 4.78 is 18.0. The number of amides is 1. The fourth-order valence-corrected chi connectivity index (χ4v) is 1.74. The molecule has 0 unspecified atom stereocenters. The van der Waals surface area contributed by atoms with Crippen LogP contribution in [0.4, 0.5) is 4.39 Å². The van der Waals surface area contributed by atoms with Gasteiger partial charge in [0.25, 0.3) is 5.91 Å². The fourth-order valence-electron chi connectivity index (χ4n) is 1.60. The van der Waals surface area contributed by atoms with Crippen molar-refractivity contribution < 1.29 is 13.6 Å². The van der Waals surface area contributed by atoms with Crippen LogP contribution in [0.25, 0.3) is 0 Å². The zero-order valence-electron chi connectivity index (χ0n) is 9.69. The van der Waals surface area contributed by atoms with Crippen molar-refractivity contribution >= 4 is 17.5 Å². The third-order valence-electron chi connectivity index (χ3n) is 2.44. The predicted molar refractivity (Wildman–Crippen MR) is 65.9 cm³/mol. The average molecular weight is 268 g/mol. The molecule has 0 aliphatic carbocycles. The lowest BCUT2D eigenvalue weighted by atomic mass is 10.2. The highest BCUT2D eigenvalue weighted by molar-refractivity contribution is 6.29. The molecule has 0 N–H and O–H groups in total. The molecule has 0 radical (unpaired) electrons. The molecule has 0 saturated heterocycles. The summed E-state index contributed by atoms with van der Waals surface area (Å²) >= 11 is 5.60. The molecule has 1 aromatic heterocycles. The summed E-state index contributed by atoms with van der Waals surface area (Å²) in [4.78, 5) is 13.4. The van der Waals surface area contributed by atoms with Crippen LogP contribution in [0, 0.1) is 5.82 Å². The van der Waals surface area contributed by atoms with Crippen molar-refractivity contribution in [3.63, 3.8) is 0 Å². The summed E-state index contributed by atoms with van der Waals surface area (Å²) in [5, 5.41) is 0.164. The molecule has 0 aliphatic rings. The lowest BCUT2D eigenvalue weighted by molar-refractivity contribution is 0.0753. The van der Waals surface area contributed by atoms with Crippen molar-refractivity contribution in [2.75, 3.05) is 7.05 Å². The first-order valence-electron chi connectivity index (χ1n) is 5.31.